The molecular formula is C45H68O28. The van der Waals surface area contributed by atoms with Crippen LogP contribution < -0.4 is 0 Å². The number of carboxylic acid groups (broad SMARTS) is 1. The molecule has 73 heavy (non-hydrogen) atoms. The molecule has 0 amide bonds. The minimum absolute atomic E-state index is 0.274. The predicted molar refractivity (Wildman–Crippen MR) is 232 cm³/mol. The molecule has 1 aromatic rings. The summed E-state index contributed by atoms with van der Waals surface area (Å²) in [6.07, 6.45) is -35.7. The molecule has 28 nitrogen and oxygen atoms in total. The van der Waals surface area contributed by atoms with Crippen LogP contribution in [0.5, 0.6) is 0 Å². The first-order valence-electron chi connectivity index (χ1n) is 23.4. The third-order valence-corrected chi connectivity index (χ3v) is 13.9. The van der Waals surface area contributed by atoms with Crippen molar-refractivity contribution in [1.82, 2.24) is 0 Å². The molecule has 8 rings (SSSR count). The Balaban J connectivity index is 1.12. The van der Waals surface area contributed by atoms with Crippen LogP contribution >= 0.6 is 0 Å². The number of hydrogen-bond donors (Lipinski definition) is 8. The summed E-state index contributed by atoms with van der Waals surface area (Å²) in [5.74, 6) is -2.65. The predicted octanol–water partition coefficient (Wildman–Crippen LogP) is -5.09. The molecule has 0 unspecified atom stereocenters. The molecule has 7 heterocycles. The molecule has 0 spiro atoms. The molecule has 7 saturated heterocycles. The summed E-state index contributed by atoms with van der Waals surface area (Å²) in [4.78, 5) is 27.4. The monoisotopic (exact) mass is 1060 g/mol. The summed E-state index contributed by atoms with van der Waals surface area (Å²) in [6, 6.07) is 8.59. The third kappa shape index (κ3) is 11.5. The number of fused-ring (bicyclic) bond motifs is 3. The van der Waals surface area contributed by atoms with Gasteiger partial charge in [-0.2, -0.15) is 0 Å². The van der Waals surface area contributed by atoms with Gasteiger partial charge in [0, 0.05) is 49.8 Å². The van der Waals surface area contributed by atoms with Crippen LogP contribution in [0.25, 0.3) is 0 Å². The summed E-state index contributed by atoms with van der Waals surface area (Å²) >= 11 is 0. The number of aliphatic carboxylic acids is 1. The van der Waals surface area contributed by atoms with E-state index in [0.717, 1.165) is 0 Å². The molecule has 1 aromatic carbocycles. The van der Waals surface area contributed by atoms with Crippen molar-refractivity contribution in [1.29, 1.82) is 0 Å². The Hall–Kier alpha value is -2.80. The summed E-state index contributed by atoms with van der Waals surface area (Å²) in [5, 5.41) is 87.0. The Morgan fingerprint density at radius 2 is 1.01 bits per heavy atom. The van der Waals surface area contributed by atoms with Crippen molar-refractivity contribution in [2.45, 2.75) is 160 Å². The second-order valence-electron chi connectivity index (χ2n) is 17.9. The fraction of sp³-hybridized carbons (Fsp3) is 0.822. The van der Waals surface area contributed by atoms with Crippen LogP contribution in [0.1, 0.15) is 5.56 Å². The number of aliphatic hydroxyl groups excluding tert-OH is 7. The maximum absolute atomic E-state index is 14.5. The lowest BCUT2D eigenvalue weighted by Gasteiger charge is -2.57. The summed E-state index contributed by atoms with van der Waals surface area (Å²) in [7, 11) is 9.03. The normalized spacial score (nSPS) is 45.0. The zero-order valence-electron chi connectivity index (χ0n) is 41.0. The molecule has 0 aromatic heterocycles. The highest BCUT2D eigenvalue weighted by Gasteiger charge is 2.68. The van der Waals surface area contributed by atoms with Crippen molar-refractivity contribution in [2.75, 3.05) is 76.2 Å². The van der Waals surface area contributed by atoms with Gasteiger partial charge in [-0.05, 0) is 5.56 Å². The number of methoxy groups -OCH3 is 7. The van der Waals surface area contributed by atoms with Crippen LogP contribution in [-0.2, 0) is 101 Å². The van der Waals surface area contributed by atoms with Gasteiger partial charge < -0.3 is 126 Å². The third-order valence-electron chi connectivity index (χ3n) is 13.9. The average Bonchev–Trinajstić information content (AvgIpc) is 3.41. The van der Waals surface area contributed by atoms with Gasteiger partial charge in [-0.1, -0.05) is 30.3 Å². The van der Waals surface area contributed by atoms with Crippen LogP contribution in [0.15, 0.2) is 30.3 Å². The van der Waals surface area contributed by atoms with E-state index < -0.39 is 191 Å². The summed E-state index contributed by atoms with van der Waals surface area (Å²) < 4.78 is 106. The first-order valence-corrected chi connectivity index (χ1v) is 23.4. The fourth-order valence-corrected chi connectivity index (χ4v) is 10.1. The minimum atomic E-state index is -2.34. The fourth-order valence-electron chi connectivity index (χ4n) is 10.1. The quantitative estimate of drug-likeness (QED) is 0.0504. The highest BCUT2D eigenvalue weighted by atomic mass is 16.8. The van der Waals surface area contributed by atoms with Gasteiger partial charge >= 0.3 is 11.9 Å². The van der Waals surface area contributed by atoms with Gasteiger partial charge in [-0.25, -0.2) is 9.59 Å². The second-order valence-corrected chi connectivity index (χ2v) is 17.9. The molecule has 0 radical (unpaired) electrons. The van der Waals surface area contributed by atoms with Gasteiger partial charge in [-0.15, -0.1) is 0 Å². The molecule has 28 heteroatoms. The van der Waals surface area contributed by atoms with Crippen LogP contribution in [-0.4, -0.2) is 282 Å². The number of hydrogen-bond acceptors (Lipinski definition) is 27. The van der Waals surface area contributed by atoms with Crippen molar-refractivity contribution in [3.05, 3.63) is 35.9 Å². The first-order chi connectivity index (χ1) is 35.1. The van der Waals surface area contributed by atoms with Gasteiger partial charge in [0.25, 0.3) is 0 Å². The number of rotatable bonds is 22. The molecule has 0 aliphatic carbocycles. The van der Waals surface area contributed by atoms with Crippen LogP contribution in [0.4, 0.5) is 0 Å². The molecule has 25 atom stereocenters. The minimum Gasteiger partial charge on any atom is -0.479 e. The SMILES string of the molecule is CO[C@H]1O[C@H](CO)[C@@H](O[C@@H]2O[C@]3(C(=O)OCc4ccccc4)CO[C@H]2[C@@H](OC)[C@@H]3O[C@H]2O[C@H](CO)[C@@H](O[C@@H]3O[C@H](C(=O)O)[C@@H](O[C@H]4O[C@H](CO)[C@@H](OC)[C@H](OC)[C@H]4OC)[C@H](OC)[C@H]3OC)[C@H](O)[C@H]2O)[C@H](O)[C@H]1O. The van der Waals surface area contributed by atoms with Gasteiger partial charge in [0.2, 0.25) is 5.60 Å². The molecule has 2 bridgehead atoms. The Bertz CT molecular complexity index is 1880. The standard InChI is InChI=1S/C45H68O28/c1-56-28-21(15-48)67-41(34(60-5)29(28)57-2)70-31-30(58-3)35(61-6)42(71-33(31)38(53)54)68-26-20(14-47)66-40(25(52)23(26)50)72-37-32(59-4)36-43(69-27-19(13-46)65-39(62-7)24(51)22(27)49)73-45(37,17-64-36)44(55)63-16-18-11-9-8-10-12-18/h8-12,19-37,39-43,46-52H,13-17H2,1-7H3,(H,53,54)/t19-,20-,21-,22-,23-,24-,25-,26-,27-,28-,29+,30+,31+,32-,33+,34-,35-,36+,37+,39+,40-,41-,42-,43-,45-/m1/s1. The number of carboxylic acids is 1. The smallest absolute Gasteiger partial charge is 0.344 e. The van der Waals surface area contributed by atoms with E-state index in [-0.39, 0.29) is 6.61 Å². The van der Waals surface area contributed by atoms with Crippen LogP contribution in [0.3, 0.4) is 0 Å². The topological polar surface area (TPSA) is 362 Å². The van der Waals surface area contributed by atoms with E-state index in [4.69, 9.17) is 85.3 Å². The Kier molecular flexibility index (Phi) is 20.3. The van der Waals surface area contributed by atoms with Gasteiger partial charge in [-0.3, -0.25) is 0 Å². The highest BCUT2D eigenvalue weighted by Crippen LogP contribution is 2.45. The van der Waals surface area contributed by atoms with Crippen molar-refractivity contribution >= 4 is 11.9 Å². The molecule has 7 fully saturated rings. The summed E-state index contributed by atoms with van der Waals surface area (Å²) in [5.41, 5.74) is -1.76. The Morgan fingerprint density at radius 3 is 1.55 bits per heavy atom. The Labute approximate surface area is 418 Å². The first kappa shape index (κ1) is 57.9. The van der Waals surface area contributed by atoms with E-state index in [1.165, 1.54) is 49.8 Å². The zero-order valence-corrected chi connectivity index (χ0v) is 41.0. The molecular weight excluding hydrogens is 988 g/mol. The second kappa shape index (κ2) is 25.6. The number of benzene rings is 1. The van der Waals surface area contributed by atoms with Gasteiger partial charge in [0.05, 0.1) is 26.4 Å². The van der Waals surface area contributed by atoms with E-state index in [2.05, 4.69) is 0 Å². The van der Waals surface area contributed by atoms with E-state index in [9.17, 15) is 50.4 Å². The lowest BCUT2D eigenvalue weighted by Crippen LogP contribution is -2.77. The highest BCUT2D eigenvalue weighted by molar-refractivity contribution is 5.81. The zero-order chi connectivity index (χ0) is 52.9. The van der Waals surface area contributed by atoms with Crippen molar-refractivity contribution < 1.29 is 136 Å². The van der Waals surface area contributed by atoms with E-state index >= 15 is 0 Å². The lowest BCUT2D eigenvalue weighted by molar-refractivity contribution is -0.430. The number of esters is 1. The molecule has 0 saturated carbocycles. The number of aliphatic hydroxyl groups is 7. The number of ether oxygens (including phenoxy) is 18. The molecule has 7 aliphatic heterocycles. The van der Waals surface area contributed by atoms with E-state index in [1.807, 2.05) is 0 Å². The average molecular weight is 1060 g/mol. The summed E-state index contributed by atoms with van der Waals surface area (Å²) in [6.45, 7) is -3.02. The number of carbonyl (C=O) groups excluding carboxylic acids is 1. The molecule has 416 valence electrons. The van der Waals surface area contributed by atoms with E-state index in [0.29, 0.717) is 5.56 Å². The van der Waals surface area contributed by atoms with Gasteiger partial charge in [0.1, 0.15) is 116 Å². The maximum Gasteiger partial charge on any atom is 0.344 e. The van der Waals surface area contributed by atoms with Gasteiger partial charge in [0.15, 0.2) is 37.6 Å². The largest absolute Gasteiger partial charge is 0.479 e. The van der Waals surface area contributed by atoms with Crippen LogP contribution in [0, 0.1) is 0 Å². The molecule has 8 N–H and O–H groups in total. The Morgan fingerprint density at radius 1 is 0.534 bits per heavy atom. The molecule has 7 aliphatic rings. The van der Waals surface area contributed by atoms with Crippen molar-refractivity contribution in [2.24, 2.45) is 0 Å². The van der Waals surface area contributed by atoms with Crippen LogP contribution in [0.2, 0.25) is 0 Å². The lowest BCUT2D eigenvalue weighted by atomic mass is 9.83. The van der Waals surface area contributed by atoms with Crippen molar-refractivity contribution in [3.63, 3.8) is 0 Å². The van der Waals surface area contributed by atoms with Crippen molar-refractivity contribution in [3.8, 4) is 0 Å². The number of carbonyl (C=O) groups is 2. The van der Waals surface area contributed by atoms with E-state index in [1.54, 1.807) is 30.3 Å². The maximum atomic E-state index is 14.5.